The molecule has 1 rings (SSSR count). The van der Waals surface area contributed by atoms with E-state index in [4.69, 9.17) is 9.47 Å². The van der Waals surface area contributed by atoms with E-state index in [9.17, 15) is 4.79 Å². The average molecular weight is 208 g/mol. The van der Waals surface area contributed by atoms with Gasteiger partial charge in [0.25, 0.3) is 0 Å². The fourth-order valence-electron chi connectivity index (χ4n) is 1.22. The van der Waals surface area contributed by atoms with Crippen LogP contribution < -0.4 is 0 Å². The second-order valence-electron chi connectivity index (χ2n) is 3.26. The number of ether oxygens (including phenoxy) is 2. The van der Waals surface area contributed by atoms with E-state index in [2.05, 4.69) is 0 Å². The van der Waals surface area contributed by atoms with Crippen LogP contribution in [0, 0.1) is 0 Å². The lowest BCUT2D eigenvalue weighted by Crippen LogP contribution is -2.18. The molecular formula is C12H16O3. The number of hydrogen-bond donors (Lipinski definition) is 0. The van der Waals surface area contributed by atoms with Crippen molar-refractivity contribution < 1.29 is 14.3 Å². The summed E-state index contributed by atoms with van der Waals surface area (Å²) in [5.41, 5.74) is 1.12. The average Bonchev–Trinajstić information content (AvgIpc) is 2.29. The Labute approximate surface area is 90.0 Å². The van der Waals surface area contributed by atoms with Crippen LogP contribution in [0.5, 0.6) is 0 Å². The molecule has 0 radical (unpaired) electrons. The first kappa shape index (κ1) is 11.9. The van der Waals surface area contributed by atoms with Crippen molar-refractivity contribution in [2.45, 2.75) is 19.1 Å². The van der Waals surface area contributed by atoms with Crippen LogP contribution in [0.15, 0.2) is 30.3 Å². The molecule has 0 heterocycles. The lowest BCUT2D eigenvalue weighted by molar-refractivity contribution is -0.111. The number of carbonyl (C=O) groups excluding carboxylic acids is 1. The molecule has 0 aliphatic heterocycles. The molecule has 0 aliphatic carbocycles. The number of benzene rings is 1. The quantitative estimate of drug-likeness (QED) is 0.641. The Morgan fingerprint density at radius 3 is 2.67 bits per heavy atom. The lowest BCUT2D eigenvalue weighted by Gasteiger charge is -2.12. The summed E-state index contributed by atoms with van der Waals surface area (Å²) < 4.78 is 10.5. The Morgan fingerprint density at radius 1 is 1.33 bits per heavy atom. The van der Waals surface area contributed by atoms with E-state index in [0.29, 0.717) is 19.6 Å². The Morgan fingerprint density at radius 2 is 2.07 bits per heavy atom. The summed E-state index contributed by atoms with van der Waals surface area (Å²) in [5.74, 6) is 0. The van der Waals surface area contributed by atoms with Crippen molar-refractivity contribution in [3.8, 4) is 0 Å². The molecule has 82 valence electrons. The molecule has 3 heteroatoms. The summed E-state index contributed by atoms with van der Waals surface area (Å²) in [7, 11) is 1.58. The maximum atomic E-state index is 10.3. The van der Waals surface area contributed by atoms with Gasteiger partial charge in [-0.05, 0) is 5.56 Å². The molecule has 1 aromatic carbocycles. The van der Waals surface area contributed by atoms with E-state index in [1.165, 1.54) is 0 Å². The van der Waals surface area contributed by atoms with Gasteiger partial charge < -0.3 is 14.3 Å². The molecule has 15 heavy (non-hydrogen) atoms. The molecule has 0 saturated carbocycles. The van der Waals surface area contributed by atoms with Crippen LogP contribution in [0.4, 0.5) is 0 Å². The third kappa shape index (κ3) is 4.72. The van der Waals surface area contributed by atoms with Crippen LogP contribution in [-0.2, 0) is 20.9 Å². The molecule has 0 aliphatic rings. The van der Waals surface area contributed by atoms with E-state index in [-0.39, 0.29) is 6.10 Å². The molecular weight excluding hydrogens is 192 g/mol. The minimum absolute atomic E-state index is 0.133. The highest BCUT2D eigenvalue weighted by Gasteiger charge is 2.06. The highest BCUT2D eigenvalue weighted by molar-refractivity contribution is 5.50. The van der Waals surface area contributed by atoms with Gasteiger partial charge in [-0.25, -0.2) is 0 Å². The summed E-state index contributed by atoms with van der Waals surface area (Å²) in [5, 5.41) is 0. The molecule has 0 N–H and O–H groups in total. The van der Waals surface area contributed by atoms with Gasteiger partial charge in [-0.15, -0.1) is 0 Å². The molecule has 3 nitrogen and oxygen atoms in total. The van der Waals surface area contributed by atoms with Crippen molar-refractivity contribution in [1.29, 1.82) is 0 Å². The second-order valence-corrected chi connectivity index (χ2v) is 3.26. The summed E-state index contributed by atoms with van der Waals surface area (Å²) in [6, 6.07) is 9.91. The largest absolute Gasteiger partial charge is 0.379 e. The van der Waals surface area contributed by atoms with Gasteiger partial charge in [0.15, 0.2) is 0 Å². The second kappa shape index (κ2) is 7.15. The van der Waals surface area contributed by atoms with Gasteiger partial charge in [0, 0.05) is 13.5 Å². The van der Waals surface area contributed by atoms with E-state index >= 15 is 0 Å². The SMILES string of the molecule is CO[C@@H](CC=O)COCc1ccccc1. The molecule has 0 spiro atoms. The van der Waals surface area contributed by atoms with Crippen molar-refractivity contribution in [3.05, 3.63) is 35.9 Å². The van der Waals surface area contributed by atoms with Crippen molar-refractivity contribution in [2.24, 2.45) is 0 Å². The number of hydrogen-bond acceptors (Lipinski definition) is 3. The Hall–Kier alpha value is -1.19. The van der Waals surface area contributed by atoms with Crippen LogP contribution in [0.3, 0.4) is 0 Å². The molecule has 0 unspecified atom stereocenters. The smallest absolute Gasteiger partial charge is 0.122 e. The van der Waals surface area contributed by atoms with Crippen LogP contribution in [0.1, 0.15) is 12.0 Å². The van der Waals surface area contributed by atoms with Gasteiger partial charge in [-0.1, -0.05) is 30.3 Å². The van der Waals surface area contributed by atoms with Gasteiger partial charge in [-0.3, -0.25) is 0 Å². The monoisotopic (exact) mass is 208 g/mol. The standard InChI is InChI=1S/C12H16O3/c1-14-12(7-8-13)10-15-9-11-5-3-2-4-6-11/h2-6,8,12H,7,9-10H2,1H3/t12-/m0/s1. The molecule has 1 aromatic rings. The topological polar surface area (TPSA) is 35.5 Å². The maximum absolute atomic E-state index is 10.3. The van der Waals surface area contributed by atoms with Gasteiger partial charge in [0.1, 0.15) is 6.29 Å². The number of methoxy groups -OCH3 is 1. The van der Waals surface area contributed by atoms with E-state index < -0.39 is 0 Å². The minimum atomic E-state index is -0.133. The number of carbonyl (C=O) groups is 1. The predicted molar refractivity (Wildman–Crippen MR) is 57.6 cm³/mol. The van der Waals surface area contributed by atoms with E-state index in [1.54, 1.807) is 7.11 Å². The zero-order chi connectivity index (χ0) is 10.9. The van der Waals surface area contributed by atoms with Crippen molar-refractivity contribution in [3.63, 3.8) is 0 Å². The van der Waals surface area contributed by atoms with Gasteiger partial charge in [-0.2, -0.15) is 0 Å². The van der Waals surface area contributed by atoms with Gasteiger partial charge >= 0.3 is 0 Å². The van der Waals surface area contributed by atoms with Crippen molar-refractivity contribution >= 4 is 6.29 Å². The number of aldehydes is 1. The predicted octanol–water partition coefficient (Wildman–Crippen LogP) is 1.81. The molecule has 0 aromatic heterocycles. The van der Waals surface area contributed by atoms with Crippen molar-refractivity contribution in [2.75, 3.05) is 13.7 Å². The summed E-state index contributed by atoms with van der Waals surface area (Å²) >= 11 is 0. The minimum Gasteiger partial charge on any atom is -0.379 e. The van der Waals surface area contributed by atoms with Crippen LogP contribution in [-0.4, -0.2) is 26.1 Å². The maximum Gasteiger partial charge on any atom is 0.122 e. The van der Waals surface area contributed by atoms with Crippen molar-refractivity contribution in [1.82, 2.24) is 0 Å². The Balaban J connectivity index is 2.23. The van der Waals surface area contributed by atoms with Crippen LogP contribution >= 0.6 is 0 Å². The fraction of sp³-hybridized carbons (Fsp3) is 0.417. The zero-order valence-corrected chi connectivity index (χ0v) is 8.89. The van der Waals surface area contributed by atoms with Crippen LogP contribution in [0.25, 0.3) is 0 Å². The third-order valence-corrected chi connectivity index (χ3v) is 2.11. The first-order valence-electron chi connectivity index (χ1n) is 4.95. The molecule has 1 atom stereocenters. The van der Waals surface area contributed by atoms with E-state index in [0.717, 1.165) is 11.8 Å². The Kier molecular flexibility index (Phi) is 5.66. The molecule has 0 fully saturated rings. The summed E-state index contributed by atoms with van der Waals surface area (Å²) in [6.45, 7) is 1.00. The lowest BCUT2D eigenvalue weighted by atomic mass is 10.2. The number of rotatable bonds is 7. The normalized spacial score (nSPS) is 12.3. The molecule has 0 amide bonds. The van der Waals surface area contributed by atoms with Gasteiger partial charge in [0.2, 0.25) is 0 Å². The highest BCUT2D eigenvalue weighted by atomic mass is 16.5. The molecule has 0 bridgehead atoms. The summed E-state index contributed by atoms with van der Waals surface area (Å²) in [6.07, 6.45) is 1.09. The first-order valence-corrected chi connectivity index (χ1v) is 4.95. The molecule has 0 saturated heterocycles. The van der Waals surface area contributed by atoms with Gasteiger partial charge in [0.05, 0.1) is 19.3 Å². The van der Waals surface area contributed by atoms with Crippen LogP contribution in [0.2, 0.25) is 0 Å². The summed E-state index contributed by atoms with van der Waals surface area (Å²) in [4.78, 5) is 10.3. The highest BCUT2D eigenvalue weighted by Crippen LogP contribution is 2.02. The van der Waals surface area contributed by atoms with E-state index in [1.807, 2.05) is 30.3 Å². The zero-order valence-electron chi connectivity index (χ0n) is 8.89. The fourth-order valence-corrected chi connectivity index (χ4v) is 1.22. The Bertz CT molecular complexity index is 271. The third-order valence-electron chi connectivity index (χ3n) is 2.11. The first-order chi connectivity index (χ1) is 7.36.